The number of amides is 2. The molecule has 6 nitrogen and oxygen atoms in total. The van der Waals surface area contributed by atoms with Crippen molar-refractivity contribution in [2.24, 2.45) is 11.7 Å². The lowest BCUT2D eigenvalue weighted by molar-refractivity contribution is -0.137. The Labute approximate surface area is 184 Å². The van der Waals surface area contributed by atoms with Gasteiger partial charge < -0.3 is 21.1 Å². The van der Waals surface area contributed by atoms with Crippen molar-refractivity contribution in [2.45, 2.75) is 37.5 Å². The largest absolute Gasteiger partial charge is 0.493 e. The van der Waals surface area contributed by atoms with Gasteiger partial charge in [0.25, 0.3) is 5.91 Å². The highest BCUT2D eigenvalue weighted by molar-refractivity contribution is 5.96. The van der Waals surface area contributed by atoms with Gasteiger partial charge in [0.05, 0.1) is 18.7 Å². The van der Waals surface area contributed by atoms with Crippen LogP contribution in [-0.2, 0) is 11.0 Å². The van der Waals surface area contributed by atoms with Gasteiger partial charge in [0.2, 0.25) is 5.91 Å². The van der Waals surface area contributed by atoms with Gasteiger partial charge in [0.15, 0.2) is 0 Å². The Morgan fingerprint density at radius 3 is 2.53 bits per heavy atom. The average molecular weight is 449 g/mol. The van der Waals surface area contributed by atoms with E-state index in [1.54, 1.807) is 0 Å². The first-order valence-electron chi connectivity index (χ1n) is 10.4. The molecule has 1 saturated carbocycles. The molecule has 3 rings (SSSR count). The van der Waals surface area contributed by atoms with Crippen LogP contribution in [0.2, 0.25) is 0 Å². The number of hydrogen-bond acceptors (Lipinski definition) is 4. The van der Waals surface area contributed by atoms with Crippen LogP contribution in [0.1, 0.15) is 35.2 Å². The average Bonchev–Trinajstić information content (AvgIpc) is 2.78. The molecule has 3 atom stereocenters. The van der Waals surface area contributed by atoms with E-state index in [4.69, 9.17) is 10.5 Å². The van der Waals surface area contributed by atoms with Gasteiger partial charge in [-0.2, -0.15) is 13.2 Å². The molecular formula is C23H26F3N3O3. The third-order valence-corrected chi connectivity index (χ3v) is 5.44. The van der Waals surface area contributed by atoms with E-state index in [0.717, 1.165) is 30.4 Å². The smallest absolute Gasteiger partial charge is 0.416 e. The molecule has 0 aliphatic heterocycles. The molecule has 9 heteroatoms. The number of benzene rings is 2. The quantitative estimate of drug-likeness (QED) is 0.606. The molecule has 1 aliphatic carbocycles. The standard InChI is InChI=1S/C23H26F3N3O3/c24-23(25,26)17-6-4-5-15(11-17)22(31)28-13-21(30)29-20-10-9-18(27)12-16(20)14-32-19-7-2-1-3-8-19/h1-8,11,16,18,20H,9-10,12-14,27H2,(H,28,31)(H,29,30)/t16-,18+,20-/m0/s1. The number of carbonyl (C=O) groups is 2. The number of para-hydroxylation sites is 1. The molecular weight excluding hydrogens is 423 g/mol. The van der Waals surface area contributed by atoms with E-state index in [9.17, 15) is 22.8 Å². The summed E-state index contributed by atoms with van der Waals surface area (Å²) in [5, 5.41) is 5.27. The van der Waals surface area contributed by atoms with Gasteiger partial charge in [0.1, 0.15) is 5.75 Å². The SMILES string of the molecule is N[C@@H]1CC[C@H](NC(=O)CNC(=O)c2cccc(C(F)(F)F)c2)[C@H](COc2ccccc2)C1. The molecule has 0 radical (unpaired) electrons. The number of rotatable bonds is 7. The van der Waals surface area contributed by atoms with Crippen LogP contribution in [-0.4, -0.2) is 37.0 Å². The third-order valence-electron chi connectivity index (χ3n) is 5.44. The van der Waals surface area contributed by atoms with E-state index in [0.29, 0.717) is 19.4 Å². The number of alkyl halides is 3. The first kappa shape index (κ1) is 23.6. The highest BCUT2D eigenvalue weighted by Crippen LogP contribution is 2.29. The predicted molar refractivity (Wildman–Crippen MR) is 113 cm³/mol. The lowest BCUT2D eigenvalue weighted by Gasteiger charge is -2.35. The summed E-state index contributed by atoms with van der Waals surface area (Å²) in [7, 11) is 0. The van der Waals surface area contributed by atoms with Gasteiger partial charge in [-0.1, -0.05) is 24.3 Å². The minimum absolute atomic E-state index is 0.00192. The molecule has 4 N–H and O–H groups in total. The number of halogens is 3. The molecule has 0 saturated heterocycles. The number of carbonyl (C=O) groups excluding carboxylic acids is 2. The van der Waals surface area contributed by atoms with Crippen LogP contribution in [0.25, 0.3) is 0 Å². The monoisotopic (exact) mass is 449 g/mol. The maximum atomic E-state index is 12.8. The van der Waals surface area contributed by atoms with Crippen LogP contribution >= 0.6 is 0 Å². The summed E-state index contributed by atoms with van der Waals surface area (Å²) >= 11 is 0. The molecule has 1 fully saturated rings. The molecule has 2 aromatic rings. The van der Waals surface area contributed by atoms with E-state index in [-0.39, 0.29) is 30.1 Å². The van der Waals surface area contributed by atoms with Crippen LogP contribution in [0, 0.1) is 5.92 Å². The van der Waals surface area contributed by atoms with Crippen LogP contribution in [0.3, 0.4) is 0 Å². The highest BCUT2D eigenvalue weighted by Gasteiger charge is 2.32. The Hall–Kier alpha value is -3.07. The van der Waals surface area contributed by atoms with Crippen molar-refractivity contribution in [3.63, 3.8) is 0 Å². The van der Waals surface area contributed by atoms with Gasteiger partial charge in [-0.3, -0.25) is 9.59 Å². The van der Waals surface area contributed by atoms with Crippen molar-refractivity contribution in [2.75, 3.05) is 13.2 Å². The van der Waals surface area contributed by atoms with Crippen LogP contribution < -0.4 is 21.1 Å². The second-order valence-electron chi connectivity index (χ2n) is 7.89. The minimum Gasteiger partial charge on any atom is -0.493 e. The first-order chi connectivity index (χ1) is 15.2. The number of nitrogens with two attached hydrogens (primary N) is 1. The molecule has 1 aliphatic rings. The molecule has 32 heavy (non-hydrogen) atoms. The second kappa shape index (κ2) is 10.5. The zero-order valence-electron chi connectivity index (χ0n) is 17.4. The van der Waals surface area contributed by atoms with E-state index < -0.39 is 23.6 Å². The molecule has 0 unspecified atom stereocenters. The number of hydrogen-bond donors (Lipinski definition) is 3. The molecule has 0 heterocycles. The summed E-state index contributed by atoms with van der Waals surface area (Å²) in [5.41, 5.74) is 5.00. The van der Waals surface area contributed by atoms with Crippen LogP contribution in [0.4, 0.5) is 13.2 Å². The minimum atomic E-state index is -4.55. The zero-order chi connectivity index (χ0) is 23.1. The highest BCUT2D eigenvalue weighted by atomic mass is 19.4. The molecule has 0 spiro atoms. The Morgan fingerprint density at radius 1 is 1.06 bits per heavy atom. The van der Waals surface area contributed by atoms with E-state index in [2.05, 4.69) is 10.6 Å². The number of ether oxygens (including phenoxy) is 1. The maximum Gasteiger partial charge on any atom is 0.416 e. The van der Waals surface area contributed by atoms with Gasteiger partial charge in [0, 0.05) is 23.6 Å². The van der Waals surface area contributed by atoms with Crippen molar-refractivity contribution in [1.29, 1.82) is 0 Å². The Morgan fingerprint density at radius 2 is 1.81 bits per heavy atom. The first-order valence-corrected chi connectivity index (χ1v) is 10.4. The summed E-state index contributed by atoms with van der Waals surface area (Å²) in [6, 6.07) is 13.2. The Kier molecular flexibility index (Phi) is 7.74. The predicted octanol–water partition coefficient (Wildman–Crippen LogP) is 3.13. The molecule has 0 aromatic heterocycles. The Bertz CT molecular complexity index is 921. The van der Waals surface area contributed by atoms with E-state index in [1.807, 2.05) is 30.3 Å². The fourth-order valence-electron chi connectivity index (χ4n) is 3.75. The molecule has 2 amide bonds. The summed E-state index contributed by atoms with van der Waals surface area (Å²) < 4.78 is 44.3. The van der Waals surface area contributed by atoms with E-state index in [1.165, 1.54) is 6.07 Å². The summed E-state index contributed by atoms with van der Waals surface area (Å²) in [5.74, 6) is -0.441. The van der Waals surface area contributed by atoms with E-state index >= 15 is 0 Å². The summed E-state index contributed by atoms with van der Waals surface area (Å²) in [6.07, 6.45) is -2.43. The van der Waals surface area contributed by atoms with Crippen molar-refractivity contribution in [1.82, 2.24) is 10.6 Å². The Balaban J connectivity index is 1.52. The van der Waals surface area contributed by atoms with Crippen molar-refractivity contribution < 1.29 is 27.5 Å². The lowest BCUT2D eigenvalue weighted by Crippen LogP contribution is -2.50. The summed E-state index contributed by atoms with van der Waals surface area (Å²) in [4.78, 5) is 24.6. The molecule has 172 valence electrons. The molecule has 2 aromatic carbocycles. The van der Waals surface area contributed by atoms with Gasteiger partial charge in [-0.05, 0) is 49.6 Å². The third kappa shape index (κ3) is 6.71. The van der Waals surface area contributed by atoms with Gasteiger partial charge in [-0.15, -0.1) is 0 Å². The maximum absolute atomic E-state index is 12.8. The van der Waals surface area contributed by atoms with Crippen LogP contribution in [0.5, 0.6) is 5.75 Å². The lowest BCUT2D eigenvalue weighted by atomic mass is 9.82. The topological polar surface area (TPSA) is 93.5 Å². The second-order valence-corrected chi connectivity index (χ2v) is 7.89. The van der Waals surface area contributed by atoms with Crippen molar-refractivity contribution in [3.8, 4) is 5.75 Å². The van der Waals surface area contributed by atoms with Gasteiger partial charge >= 0.3 is 6.18 Å². The summed E-state index contributed by atoms with van der Waals surface area (Å²) in [6.45, 7) is 0.0448. The fraction of sp³-hybridized carbons (Fsp3) is 0.391. The normalized spacial score (nSPS) is 20.9. The molecule has 0 bridgehead atoms. The van der Waals surface area contributed by atoms with Crippen molar-refractivity contribution >= 4 is 11.8 Å². The number of nitrogens with one attached hydrogen (secondary N) is 2. The zero-order valence-corrected chi connectivity index (χ0v) is 17.4. The van der Waals surface area contributed by atoms with Gasteiger partial charge in [-0.25, -0.2) is 0 Å². The van der Waals surface area contributed by atoms with Crippen LogP contribution in [0.15, 0.2) is 54.6 Å². The van der Waals surface area contributed by atoms with Crippen molar-refractivity contribution in [3.05, 3.63) is 65.7 Å². The fourth-order valence-corrected chi connectivity index (χ4v) is 3.75.